The molecule has 2 aliphatic rings. The van der Waals surface area contributed by atoms with Crippen molar-refractivity contribution in [3.8, 4) is 0 Å². The first-order chi connectivity index (χ1) is 10.2. The van der Waals surface area contributed by atoms with Crippen molar-refractivity contribution in [3.63, 3.8) is 0 Å². The van der Waals surface area contributed by atoms with Crippen LogP contribution in [0.4, 0.5) is 4.79 Å². The molecule has 0 aromatic rings. The van der Waals surface area contributed by atoms with E-state index in [2.05, 4.69) is 36.6 Å². The minimum absolute atomic E-state index is 0.288. The van der Waals surface area contributed by atoms with Gasteiger partial charge in [-0.25, -0.2) is 4.79 Å². The average molecular weight is 308 g/mol. The molecule has 0 radical (unpaired) electrons. The van der Waals surface area contributed by atoms with Crippen LogP contribution in [0.2, 0.25) is 0 Å². The van der Waals surface area contributed by atoms with Crippen LogP contribution in [0.25, 0.3) is 0 Å². The fourth-order valence-corrected chi connectivity index (χ4v) is 3.48. The predicted molar refractivity (Wildman–Crippen MR) is 89.7 cm³/mol. The van der Waals surface area contributed by atoms with Gasteiger partial charge < -0.3 is 15.4 Å². The Hall–Kier alpha value is -1.03. The van der Waals surface area contributed by atoms with Crippen molar-refractivity contribution in [1.82, 2.24) is 10.6 Å². The lowest BCUT2D eigenvalue weighted by molar-refractivity contribution is 0.0519. The molecule has 1 fully saturated rings. The first-order valence-electron chi connectivity index (χ1n) is 8.63. The maximum atomic E-state index is 11.8. The largest absolute Gasteiger partial charge is 0.444 e. The lowest BCUT2D eigenvalue weighted by Crippen LogP contribution is -2.47. The van der Waals surface area contributed by atoms with E-state index >= 15 is 0 Å². The van der Waals surface area contributed by atoms with Crippen LogP contribution in [0, 0.1) is 23.7 Å². The predicted octanol–water partition coefficient (Wildman–Crippen LogP) is 3.34. The number of rotatable bonds is 6. The van der Waals surface area contributed by atoms with Crippen LogP contribution in [-0.2, 0) is 4.74 Å². The maximum Gasteiger partial charge on any atom is 0.407 e. The van der Waals surface area contributed by atoms with Gasteiger partial charge >= 0.3 is 6.09 Å². The van der Waals surface area contributed by atoms with E-state index in [0.29, 0.717) is 12.5 Å². The molecule has 126 valence electrons. The molecule has 2 bridgehead atoms. The first kappa shape index (κ1) is 17.3. The van der Waals surface area contributed by atoms with E-state index in [-0.39, 0.29) is 12.1 Å². The molecule has 4 unspecified atom stereocenters. The zero-order valence-electron chi connectivity index (χ0n) is 14.7. The van der Waals surface area contributed by atoms with Gasteiger partial charge in [-0.3, -0.25) is 0 Å². The summed E-state index contributed by atoms with van der Waals surface area (Å²) in [6.07, 6.45) is 7.10. The summed E-state index contributed by atoms with van der Waals surface area (Å²) in [7, 11) is 0. The first-order valence-corrected chi connectivity index (χ1v) is 8.63. The molecule has 0 aromatic heterocycles. The molecule has 4 heteroatoms. The Morgan fingerprint density at radius 2 is 2.00 bits per heavy atom. The second kappa shape index (κ2) is 7.03. The van der Waals surface area contributed by atoms with Gasteiger partial charge in [0.25, 0.3) is 0 Å². The smallest absolute Gasteiger partial charge is 0.407 e. The number of fused-ring (bicyclic) bond motifs is 2. The lowest BCUT2D eigenvalue weighted by Gasteiger charge is -2.27. The summed E-state index contributed by atoms with van der Waals surface area (Å²) in [6, 6.07) is 0.288. The Morgan fingerprint density at radius 1 is 1.27 bits per heavy atom. The zero-order valence-corrected chi connectivity index (χ0v) is 14.7. The number of hydrogen-bond acceptors (Lipinski definition) is 3. The molecule has 4 atom stereocenters. The molecule has 2 N–H and O–H groups in total. The van der Waals surface area contributed by atoms with Gasteiger partial charge in [-0.1, -0.05) is 26.0 Å². The van der Waals surface area contributed by atoms with Gasteiger partial charge in [-0.15, -0.1) is 0 Å². The van der Waals surface area contributed by atoms with E-state index in [1.807, 2.05) is 20.8 Å². The summed E-state index contributed by atoms with van der Waals surface area (Å²) in [5, 5.41) is 6.55. The van der Waals surface area contributed by atoms with Gasteiger partial charge in [0, 0.05) is 12.6 Å². The molecule has 0 saturated heterocycles. The van der Waals surface area contributed by atoms with E-state index in [1.54, 1.807) is 0 Å². The van der Waals surface area contributed by atoms with Crippen molar-refractivity contribution in [2.75, 3.05) is 13.1 Å². The summed E-state index contributed by atoms with van der Waals surface area (Å²) < 4.78 is 5.30. The monoisotopic (exact) mass is 308 g/mol. The molecular formula is C18H32N2O2. The average Bonchev–Trinajstić information content (AvgIpc) is 2.98. The molecule has 0 heterocycles. The van der Waals surface area contributed by atoms with Crippen LogP contribution < -0.4 is 10.6 Å². The highest BCUT2D eigenvalue weighted by molar-refractivity contribution is 5.67. The molecule has 1 amide bonds. The minimum Gasteiger partial charge on any atom is -0.444 e. The number of amides is 1. The molecule has 0 spiro atoms. The molecular weight excluding hydrogens is 276 g/mol. The van der Waals surface area contributed by atoms with E-state index < -0.39 is 5.60 Å². The fraction of sp³-hybridized carbons (Fsp3) is 0.833. The molecule has 4 nitrogen and oxygen atoms in total. The number of allylic oxidation sites excluding steroid dienone is 2. The van der Waals surface area contributed by atoms with Crippen LogP contribution in [-0.4, -0.2) is 30.8 Å². The Bertz CT molecular complexity index is 412. The van der Waals surface area contributed by atoms with Crippen LogP contribution in [0.3, 0.4) is 0 Å². The van der Waals surface area contributed by atoms with Crippen molar-refractivity contribution in [1.29, 1.82) is 0 Å². The summed E-state index contributed by atoms with van der Waals surface area (Å²) in [6.45, 7) is 11.7. The third kappa shape index (κ3) is 5.01. The highest BCUT2D eigenvalue weighted by atomic mass is 16.6. The fourth-order valence-electron chi connectivity index (χ4n) is 3.48. The second-order valence-corrected chi connectivity index (χ2v) is 8.18. The summed E-state index contributed by atoms with van der Waals surface area (Å²) in [5.41, 5.74) is -0.444. The van der Waals surface area contributed by atoms with Crippen LogP contribution in [0.5, 0.6) is 0 Å². The van der Waals surface area contributed by atoms with Crippen molar-refractivity contribution < 1.29 is 9.53 Å². The van der Waals surface area contributed by atoms with Gasteiger partial charge in [0.05, 0.1) is 0 Å². The zero-order chi connectivity index (χ0) is 16.3. The molecule has 0 aliphatic heterocycles. The van der Waals surface area contributed by atoms with Crippen molar-refractivity contribution in [3.05, 3.63) is 12.2 Å². The molecule has 2 rings (SSSR count). The van der Waals surface area contributed by atoms with Gasteiger partial charge in [0.15, 0.2) is 0 Å². The molecule has 0 aromatic carbocycles. The Kier molecular flexibility index (Phi) is 5.54. The highest BCUT2D eigenvalue weighted by Gasteiger charge is 2.35. The number of carbonyl (C=O) groups is 1. The van der Waals surface area contributed by atoms with E-state index in [1.165, 1.54) is 12.8 Å². The molecule has 2 aliphatic carbocycles. The van der Waals surface area contributed by atoms with Crippen LogP contribution >= 0.6 is 0 Å². The Morgan fingerprint density at radius 3 is 2.50 bits per heavy atom. The standard InChI is InChI=1S/C18H32N2O2/c1-12(2)16(11-20-17(21)22-18(3,4)5)19-10-15-9-13-6-7-14(15)8-13/h6-7,12-16,19H,8-11H2,1-5H3,(H,20,21). The van der Waals surface area contributed by atoms with E-state index in [4.69, 9.17) is 4.74 Å². The number of hydrogen-bond donors (Lipinski definition) is 2. The maximum absolute atomic E-state index is 11.8. The summed E-state index contributed by atoms with van der Waals surface area (Å²) in [4.78, 5) is 11.8. The van der Waals surface area contributed by atoms with E-state index in [0.717, 1.165) is 24.3 Å². The summed E-state index contributed by atoms with van der Waals surface area (Å²) in [5.74, 6) is 2.82. The highest BCUT2D eigenvalue weighted by Crippen LogP contribution is 2.43. The second-order valence-electron chi connectivity index (χ2n) is 8.18. The number of ether oxygens (including phenoxy) is 1. The van der Waals surface area contributed by atoms with Gasteiger partial charge in [-0.2, -0.15) is 0 Å². The third-order valence-corrected chi connectivity index (χ3v) is 4.73. The summed E-state index contributed by atoms with van der Waals surface area (Å²) >= 11 is 0. The molecule has 1 saturated carbocycles. The van der Waals surface area contributed by atoms with Gasteiger partial charge in [0.1, 0.15) is 5.60 Å². The van der Waals surface area contributed by atoms with Crippen LogP contribution in [0.15, 0.2) is 12.2 Å². The van der Waals surface area contributed by atoms with Crippen molar-refractivity contribution in [2.45, 2.75) is 59.1 Å². The topological polar surface area (TPSA) is 50.4 Å². The quantitative estimate of drug-likeness (QED) is 0.740. The molecule has 22 heavy (non-hydrogen) atoms. The normalized spacial score (nSPS) is 28.2. The number of carbonyl (C=O) groups excluding carboxylic acids is 1. The van der Waals surface area contributed by atoms with Crippen LogP contribution in [0.1, 0.15) is 47.5 Å². The Balaban J connectivity index is 1.73. The Labute approximate surface area is 135 Å². The SMILES string of the molecule is CC(C)C(CNC(=O)OC(C)(C)C)NCC1CC2C=CC1C2. The van der Waals surface area contributed by atoms with Gasteiger partial charge in [-0.05, 0) is 63.8 Å². The van der Waals surface area contributed by atoms with E-state index in [9.17, 15) is 4.79 Å². The van der Waals surface area contributed by atoms with Gasteiger partial charge in [0.2, 0.25) is 0 Å². The number of alkyl carbamates (subject to hydrolysis) is 1. The number of nitrogens with one attached hydrogen (secondary N) is 2. The third-order valence-electron chi connectivity index (χ3n) is 4.73. The van der Waals surface area contributed by atoms with Crippen molar-refractivity contribution in [2.24, 2.45) is 23.7 Å². The van der Waals surface area contributed by atoms with Crippen molar-refractivity contribution >= 4 is 6.09 Å². The lowest BCUT2D eigenvalue weighted by atomic mass is 9.92. The minimum atomic E-state index is -0.444.